The van der Waals surface area contributed by atoms with E-state index in [1.165, 1.54) is 64.8 Å². The van der Waals surface area contributed by atoms with Crippen molar-refractivity contribution in [2.24, 2.45) is 0 Å². The molecule has 0 aromatic carbocycles. The molecule has 0 bridgehead atoms. The standard InChI is InChI=1S/C12H17N3O7.C10H13NO5.C9H13N3O4.C9H13N3O2.C9H10N2O3.C8H12N4O3/c1-5-8(18)9(19)11(22-5)15-3-6(16)10(14-12(15)20)13-7(17)4-21-2;1-5-8(14)9(15)10(16-5)11-3-2-6(12)4-7(11)13;1-4-5(13)2-7(16-4)12-3-6(14)8(10)11-9(12)15;1-6-2-3-8(14-6)12-5-4-7(10)11-9(12)13;1-6-2-3-8(14-6)11-5-4-7(12)10-9(11)13;1-4-5(13)2-6(15-4)12-3-10-7(9)11-8(12)14/h3,5,8-9,11,16,18-19H,4H2,1-2H3,(H,13,14,17,20);2-3,5,8-10,14-15H,4H2,1H3;3-5,7,13-14H,2H2,1H3,(H2,10,11,15);4-6,8H,2-3H2,1H3,(H2,10,11,13);2-6,8H,1H3,(H,10,12,13);3-6,13H,2H2,1H3,(H2,9,11,14)/t5-,8+,9?,11-;5-,8+,9?,10-;4-,5-,7-;2*6-,8-;4-,5-,6-/m111111/s1. The lowest BCUT2D eigenvalue weighted by atomic mass is 10.1. The van der Waals surface area contributed by atoms with Gasteiger partial charge in [-0.05, 0) is 72.6 Å². The van der Waals surface area contributed by atoms with E-state index in [4.69, 9.17) is 45.6 Å². The van der Waals surface area contributed by atoms with E-state index in [2.05, 4.69) is 40.0 Å². The van der Waals surface area contributed by atoms with Crippen LogP contribution in [-0.2, 0) is 47.5 Å². The Balaban J connectivity index is 0.000000165. The maximum absolute atomic E-state index is 12.0. The average molecular weight is 1370 g/mol. The molecule has 0 saturated carbocycles. The SMILES string of the molecule is COCC(=O)Nc1nc(=O)n([C@@H]2O[C@H](C)[C@H](O)C2O)cc1O.C[C@@H]1C=C[C@H](n2ccc(=O)[nH]c2=O)O1.C[C@@H]1CC[C@H](n2ccc(N)nc2=O)O1.C[C@H]1O[C@@H](N2C=CC(=O)CC2=O)C(O)[C@H]1O.C[C@H]1O[C@@H](n2cc(O)c(N)nc2=O)C[C@H]1O.C[C@H]1O[C@@H](n2cnc(N)nc2=O)C[C@H]1O. The smallest absolute Gasteiger partial charge is 0.354 e. The molecular formula is C57H78N16O24. The number of carbonyl (C=O) groups is 3. The highest BCUT2D eigenvalue weighted by Crippen LogP contribution is 2.32. The van der Waals surface area contributed by atoms with Crippen LogP contribution >= 0.6 is 0 Å². The largest absolute Gasteiger partial charge is 0.503 e. The van der Waals surface area contributed by atoms with E-state index in [9.17, 15) is 84.0 Å². The van der Waals surface area contributed by atoms with Crippen LogP contribution in [0.1, 0.15) is 105 Å². The average Bonchev–Trinajstić information content (AvgIpc) is 1.70. The van der Waals surface area contributed by atoms with Gasteiger partial charge in [0.1, 0.15) is 61.9 Å². The number of aromatic amines is 1. The van der Waals surface area contributed by atoms with Crippen LogP contribution in [-0.4, -0.2) is 209 Å². The van der Waals surface area contributed by atoms with E-state index in [0.29, 0.717) is 6.42 Å². The monoisotopic (exact) mass is 1370 g/mol. The van der Waals surface area contributed by atoms with Gasteiger partial charge in [-0.15, -0.1) is 0 Å². The molecule has 2 amide bonds. The fourth-order valence-electron chi connectivity index (χ4n) is 10.1. The third kappa shape index (κ3) is 19.3. The summed E-state index contributed by atoms with van der Waals surface area (Å²) < 4.78 is 42.8. The second-order valence-electron chi connectivity index (χ2n) is 22.8. The van der Waals surface area contributed by atoms with Crippen molar-refractivity contribution in [3.8, 4) is 11.5 Å². The molecule has 97 heavy (non-hydrogen) atoms. The molecule has 16 N–H and O–H groups in total. The highest BCUT2D eigenvalue weighted by Gasteiger charge is 2.46. The first-order valence-electron chi connectivity index (χ1n) is 30.0. The first kappa shape index (κ1) is 75.1. The number of nitrogens with one attached hydrogen (secondary N) is 2. The molecule has 12 rings (SSSR count). The Kier molecular flexibility index (Phi) is 25.6. The van der Waals surface area contributed by atoms with Gasteiger partial charge in [0.2, 0.25) is 11.9 Å². The Labute approximate surface area is 548 Å². The second-order valence-corrected chi connectivity index (χ2v) is 22.8. The maximum Gasteiger partial charge on any atom is 0.354 e. The van der Waals surface area contributed by atoms with Gasteiger partial charge in [-0.25, -0.2) is 29.0 Å². The number of aliphatic hydroxyl groups excluding tert-OH is 6. The molecule has 0 radical (unpaired) electrons. The number of rotatable bonds is 9. The van der Waals surface area contributed by atoms with Gasteiger partial charge in [-0.3, -0.25) is 51.9 Å². The summed E-state index contributed by atoms with van der Waals surface area (Å²) in [5, 5.41) is 79.0. The Hall–Kier alpha value is -9.30. The lowest BCUT2D eigenvalue weighted by molar-refractivity contribution is -0.147. The maximum atomic E-state index is 12.0. The number of methoxy groups -OCH3 is 1. The minimum atomic E-state index is -1.34. The highest BCUT2D eigenvalue weighted by atomic mass is 16.6. The Morgan fingerprint density at radius 3 is 1.72 bits per heavy atom. The van der Waals surface area contributed by atoms with E-state index < -0.39 is 126 Å². The lowest BCUT2D eigenvalue weighted by Crippen LogP contribution is -2.46. The molecule has 12 heterocycles. The number of nitrogens with zero attached hydrogens (tertiary/aromatic N) is 11. The van der Waals surface area contributed by atoms with E-state index >= 15 is 0 Å². The van der Waals surface area contributed by atoms with Crippen LogP contribution in [0.25, 0.3) is 0 Å². The predicted octanol–water partition coefficient (Wildman–Crippen LogP) is -4.44. The number of amides is 2. The number of aromatic hydroxyl groups is 2. The quantitative estimate of drug-likeness (QED) is 0.0489. The van der Waals surface area contributed by atoms with Gasteiger partial charge in [0.25, 0.3) is 11.5 Å². The van der Waals surface area contributed by atoms with Crippen LogP contribution in [0.4, 0.5) is 23.4 Å². The predicted molar refractivity (Wildman–Crippen MR) is 332 cm³/mol. The van der Waals surface area contributed by atoms with Crippen molar-refractivity contribution >= 4 is 41.0 Å². The van der Waals surface area contributed by atoms with Crippen molar-refractivity contribution in [1.29, 1.82) is 0 Å². The molecule has 5 aromatic rings. The summed E-state index contributed by atoms with van der Waals surface area (Å²) in [5.74, 6) is -2.44. The molecule has 0 spiro atoms. The fourth-order valence-corrected chi connectivity index (χ4v) is 10.1. The number of nitrogen functional groups attached to an aromatic ring is 3. The summed E-state index contributed by atoms with van der Waals surface area (Å²) >= 11 is 0. The molecule has 40 heteroatoms. The number of aromatic nitrogens is 11. The lowest BCUT2D eigenvalue weighted by Gasteiger charge is -2.28. The van der Waals surface area contributed by atoms with E-state index in [-0.39, 0.29) is 90.7 Å². The molecule has 7 aliphatic rings. The number of anilines is 4. The van der Waals surface area contributed by atoms with Crippen LogP contribution in [0, 0.1) is 0 Å². The van der Waals surface area contributed by atoms with E-state index in [1.807, 2.05) is 19.9 Å². The number of aliphatic hydroxyl groups is 6. The van der Waals surface area contributed by atoms with Crippen molar-refractivity contribution in [1.82, 2.24) is 57.6 Å². The zero-order valence-corrected chi connectivity index (χ0v) is 53.2. The van der Waals surface area contributed by atoms with Gasteiger partial charge in [0.15, 0.2) is 47.6 Å². The molecule has 5 saturated heterocycles. The van der Waals surface area contributed by atoms with E-state index in [1.54, 1.807) is 39.1 Å². The van der Waals surface area contributed by atoms with Gasteiger partial charge in [-0.2, -0.15) is 19.9 Å². The Morgan fingerprint density at radius 1 is 0.629 bits per heavy atom. The van der Waals surface area contributed by atoms with Gasteiger partial charge in [-0.1, -0.05) is 6.08 Å². The van der Waals surface area contributed by atoms with Crippen LogP contribution in [0.5, 0.6) is 11.5 Å². The molecule has 5 fully saturated rings. The van der Waals surface area contributed by atoms with Gasteiger partial charge in [0.05, 0.1) is 67.6 Å². The number of ether oxygens (including phenoxy) is 7. The van der Waals surface area contributed by atoms with Gasteiger partial charge >= 0.3 is 28.4 Å². The van der Waals surface area contributed by atoms with Crippen LogP contribution in [0.2, 0.25) is 0 Å². The number of allylic oxidation sites excluding steroid dienone is 1. The summed E-state index contributed by atoms with van der Waals surface area (Å²) in [4.78, 5) is 123. The first-order valence-corrected chi connectivity index (χ1v) is 30.0. The summed E-state index contributed by atoms with van der Waals surface area (Å²) in [6.45, 7) is 10.2. The number of H-pyrrole nitrogens is 1. The molecule has 18 atom stereocenters. The highest BCUT2D eigenvalue weighted by molar-refractivity contribution is 6.06. The van der Waals surface area contributed by atoms with Crippen molar-refractivity contribution in [3.63, 3.8) is 0 Å². The summed E-state index contributed by atoms with van der Waals surface area (Å²) in [6.07, 6.45) is 3.54. The molecule has 40 nitrogen and oxygen atoms in total. The van der Waals surface area contributed by atoms with Gasteiger partial charge in [0, 0.05) is 44.6 Å². The molecule has 7 aliphatic heterocycles. The Bertz CT molecular complexity index is 3990. The summed E-state index contributed by atoms with van der Waals surface area (Å²) in [7, 11) is 1.32. The molecular weight excluding hydrogens is 1290 g/mol. The van der Waals surface area contributed by atoms with Crippen LogP contribution in [0.15, 0.2) is 96.4 Å². The van der Waals surface area contributed by atoms with Crippen LogP contribution in [0.3, 0.4) is 0 Å². The third-order valence-corrected chi connectivity index (χ3v) is 15.4. The zero-order valence-electron chi connectivity index (χ0n) is 53.2. The van der Waals surface area contributed by atoms with Crippen molar-refractivity contribution in [3.05, 3.63) is 130 Å². The minimum absolute atomic E-state index is 0.00109. The van der Waals surface area contributed by atoms with E-state index in [0.717, 1.165) is 33.1 Å². The van der Waals surface area contributed by atoms with Crippen molar-refractivity contribution in [2.75, 3.05) is 36.2 Å². The number of ketones is 1. The Morgan fingerprint density at radius 2 is 1.21 bits per heavy atom. The van der Waals surface area contributed by atoms with Crippen molar-refractivity contribution in [2.45, 2.75) is 184 Å². The zero-order chi connectivity index (χ0) is 71.4. The van der Waals surface area contributed by atoms with Gasteiger partial charge < -0.3 is 96.5 Å². The molecule has 0 aliphatic carbocycles. The minimum Gasteiger partial charge on any atom is -0.503 e. The number of carbonyl (C=O) groups excluding carboxylic acids is 3. The summed E-state index contributed by atoms with van der Waals surface area (Å²) in [5.41, 5.74) is 12.7. The molecule has 530 valence electrons. The third-order valence-electron chi connectivity index (χ3n) is 15.4. The topological polar surface area (TPSA) is 578 Å². The fraction of sp³-hybridized carbons (Fsp3) is 0.544. The number of hydrogen-bond donors (Lipinski definition) is 13. The number of hydrogen-bond acceptors (Lipinski definition) is 32. The molecule has 5 aromatic heterocycles. The van der Waals surface area contributed by atoms with Crippen molar-refractivity contribution < 1.29 is 88.4 Å². The summed E-state index contributed by atoms with van der Waals surface area (Å²) in [6, 6.07) is 2.90. The molecule has 2 unspecified atom stereocenters. The second kappa shape index (κ2) is 33.1. The first-order chi connectivity index (χ1) is 45.7. The normalized spacial score (nSPS) is 30.0. The number of nitrogens with two attached hydrogens (primary N) is 3. The van der Waals surface area contributed by atoms with Crippen LogP contribution < -0.4 is 56.5 Å².